The summed E-state index contributed by atoms with van der Waals surface area (Å²) in [6, 6.07) is 6.20. The fraction of sp³-hybridized carbons (Fsp3) is 0.538. The van der Waals surface area contributed by atoms with Crippen LogP contribution in [0.5, 0.6) is 5.75 Å². The molecule has 0 amide bonds. The highest BCUT2D eigenvalue weighted by Gasteiger charge is 2.25. The number of hydrogen-bond acceptors (Lipinski definition) is 4. The number of hydrogen-bond donors (Lipinski definition) is 2. The summed E-state index contributed by atoms with van der Waals surface area (Å²) in [6.45, 7) is 1.78. The lowest BCUT2D eigenvalue weighted by atomic mass is 10.0. The molecule has 1 aliphatic rings. The molecular formula is C13H20N2O3S. The molecule has 0 atom stereocenters. The molecule has 0 aromatic heterocycles. The Bertz CT molecular complexity index is 507. The predicted molar refractivity (Wildman–Crippen MR) is 75.9 cm³/mol. The van der Waals surface area contributed by atoms with E-state index in [9.17, 15) is 13.5 Å². The third-order valence-electron chi connectivity index (χ3n) is 3.54. The Morgan fingerprint density at radius 1 is 1.26 bits per heavy atom. The molecule has 0 radical (unpaired) electrons. The Morgan fingerprint density at radius 2 is 1.84 bits per heavy atom. The lowest BCUT2D eigenvalue weighted by Crippen LogP contribution is -2.36. The van der Waals surface area contributed by atoms with Crippen molar-refractivity contribution in [2.75, 3.05) is 30.2 Å². The van der Waals surface area contributed by atoms with Gasteiger partial charge < -0.3 is 10.4 Å². The van der Waals surface area contributed by atoms with Gasteiger partial charge in [0.25, 0.3) is 0 Å². The summed E-state index contributed by atoms with van der Waals surface area (Å²) in [6.07, 6.45) is 1.81. The summed E-state index contributed by atoms with van der Waals surface area (Å²) in [5, 5.41) is 12.5. The zero-order valence-corrected chi connectivity index (χ0v) is 11.9. The third-order valence-corrected chi connectivity index (χ3v) is 5.47. The number of anilines is 1. The first kappa shape index (κ1) is 14.1. The van der Waals surface area contributed by atoms with E-state index in [1.807, 2.05) is 0 Å². The standard InChI is InChI=1S/C13H20N2O3S/c1-15(12-2-4-13(16)5-3-12)19(17,18)10-11-6-8-14-9-7-11/h2-5,11,14,16H,6-10H2,1H3. The number of sulfonamides is 1. The molecule has 0 bridgehead atoms. The quantitative estimate of drug-likeness (QED) is 0.870. The van der Waals surface area contributed by atoms with Crippen molar-refractivity contribution in [1.29, 1.82) is 0 Å². The molecule has 1 aromatic rings. The predicted octanol–water partition coefficient (Wildman–Crippen LogP) is 1.16. The minimum Gasteiger partial charge on any atom is -0.508 e. The molecule has 5 nitrogen and oxygen atoms in total. The van der Waals surface area contributed by atoms with Gasteiger partial charge >= 0.3 is 0 Å². The second kappa shape index (κ2) is 5.79. The molecule has 6 heteroatoms. The zero-order chi connectivity index (χ0) is 13.9. The van der Waals surface area contributed by atoms with Gasteiger partial charge in [0.05, 0.1) is 11.4 Å². The van der Waals surface area contributed by atoms with Crippen LogP contribution in [0.15, 0.2) is 24.3 Å². The Balaban J connectivity index is 2.07. The Hall–Kier alpha value is -1.27. The topological polar surface area (TPSA) is 69.6 Å². The average Bonchev–Trinajstić information content (AvgIpc) is 2.39. The number of nitrogens with one attached hydrogen (secondary N) is 1. The van der Waals surface area contributed by atoms with Gasteiger partial charge in [0, 0.05) is 7.05 Å². The lowest BCUT2D eigenvalue weighted by Gasteiger charge is -2.26. The molecule has 1 aromatic carbocycles. The van der Waals surface area contributed by atoms with Gasteiger partial charge in [-0.05, 0) is 56.1 Å². The molecule has 2 N–H and O–H groups in total. The number of piperidine rings is 1. The van der Waals surface area contributed by atoms with Crippen LogP contribution in [0.3, 0.4) is 0 Å². The van der Waals surface area contributed by atoms with Crippen LogP contribution in [-0.4, -0.2) is 39.4 Å². The van der Waals surface area contributed by atoms with Crippen molar-refractivity contribution in [2.45, 2.75) is 12.8 Å². The first-order valence-electron chi connectivity index (χ1n) is 6.45. The first-order chi connectivity index (χ1) is 8.99. The maximum atomic E-state index is 12.3. The summed E-state index contributed by atoms with van der Waals surface area (Å²) >= 11 is 0. The number of nitrogens with zero attached hydrogens (tertiary/aromatic N) is 1. The summed E-state index contributed by atoms with van der Waals surface area (Å²) < 4.78 is 26.0. The van der Waals surface area contributed by atoms with Gasteiger partial charge in [-0.2, -0.15) is 0 Å². The molecule has 19 heavy (non-hydrogen) atoms. The first-order valence-corrected chi connectivity index (χ1v) is 8.06. The molecular weight excluding hydrogens is 264 g/mol. The van der Waals surface area contributed by atoms with Gasteiger partial charge in [-0.3, -0.25) is 4.31 Å². The van der Waals surface area contributed by atoms with Gasteiger partial charge in [-0.15, -0.1) is 0 Å². The van der Waals surface area contributed by atoms with Crippen molar-refractivity contribution in [3.8, 4) is 5.75 Å². The normalized spacial score (nSPS) is 17.3. The maximum absolute atomic E-state index is 12.3. The van der Waals surface area contributed by atoms with E-state index >= 15 is 0 Å². The van der Waals surface area contributed by atoms with Crippen molar-refractivity contribution < 1.29 is 13.5 Å². The highest BCUT2D eigenvalue weighted by atomic mass is 32.2. The van der Waals surface area contributed by atoms with Crippen LogP contribution in [0, 0.1) is 5.92 Å². The van der Waals surface area contributed by atoms with Crippen molar-refractivity contribution >= 4 is 15.7 Å². The second-order valence-corrected chi connectivity index (χ2v) is 7.00. The van der Waals surface area contributed by atoms with E-state index in [1.165, 1.54) is 16.4 Å². The SMILES string of the molecule is CN(c1ccc(O)cc1)S(=O)(=O)CC1CCNCC1. The van der Waals surface area contributed by atoms with Crippen molar-refractivity contribution in [2.24, 2.45) is 5.92 Å². The van der Waals surface area contributed by atoms with E-state index in [-0.39, 0.29) is 17.4 Å². The molecule has 0 unspecified atom stereocenters. The van der Waals surface area contributed by atoms with Crippen LogP contribution in [0.25, 0.3) is 0 Å². The molecule has 1 heterocycles. The fourth-order valence-corrected chi connectivity index (χ4v) is 3.88. The second-order valence-electron chi connectivity index (χ2n) is 4.96. The number of aromatic hydroxyl groups is 1. The largest absolute Gasteiger partial charge is 0.508 e. The lowest BCUT2D eigenvalue weighted by molar-refractivity contribution is 0.401. The van der Waals surface area contributed by atoms with Crippen molar-refractivity contribution in [3.63, 3.8) is 0 Å². The molecule has 2 rings (SSSR count). The van der Waals surface area contributed by atoms with E-state index in [2.05, 4.69) is 5.32 Å². The highest BCUT2D eigenvalue weighted by molar-refractivity contribution is 7.92. The zero-order valence-electron chi connectivity index (χ0n) is 11.0. The molecule has 106 valence electrons. The Labute approximate surface area is 114 Å². The minimum atomic E-state index is -3.30. The van der Waals surface area contributed by atoms with Crippen LogP contribution >= 0.6 is 0 Å². The minimum absolute atomic E-state index is 0.132. The van der Waals surface area contributed by atoms with E-state index in [1.54, 1.807) is 19.2 Å². The van der Waals surface area contributed by atoms with Gasteiger partial charge in [0.2, 0.25) is 10.0 Å². The van der Waals surface area contributed by atoms with Crippen LogP contribution in [0.1, 0.15) is 12.8 Å². The smallest absolute Gasteiger partial charge is 0.235 e. The van der Waals surface area contributed by atoms with Crippen molar-refractivity contribution in [3.05, 3.63) is 24.3 Å². The van der Waals surface area contributed by atoms with E-state index < -0.39 is 10.0 Å². The van der Waals surface area contributed by atoms with Crippen LogP contribution in [0.2, 0.25) is 0 Å². The van der Waals surface area contributed by atoms with Crippen LogP contribution in [0.4, 0.5) is 5.69 Å². The summed E-state index contributed by atoms with van der Waals surface area (Å²) in [7, 11) is -1.74. The van der Waals surface area contributed by atoms with E-state index in [0.29, 0.717) is 5.69 Å². The molecule has 0 spiro atoms. The van der Waals surface area contributed by atoms with Gasteiger partial charge in [0.1, 0.15) is 5.75 Å². The van der Waals surface area contributed by atoms with Crippen molar-refractivity contribution in [1.82, 2.24) is 5.32 Å². The van der Waals surface area contributed by atoms with Gasteiger partial charge in [0.15, 0.2) is 0 Å². The number of phenolic OH excluding ortho intramolecular Hbond substituents is 1. The Morgan fingerprint density at radius 3 is 2.42 bits per heavy atom. The number of rotatable bonds is 4. The van der Waals surface area contributed by atoms with Crippen LogP contribution in [-0.2, 0) is 10.0 Å². The molecule has 1 fully saturated rings. The van der Waals surface area contributed by atoms with Gasteiger partial charge in [-0.25, -0.2) is 8.42 Å². The fourth-order valence-electron chi connectivity index (χ4n) is 2.28. The summed E-state index contributed by atoms with van der Waals surface area (Å²) in [4.78, 5) is 0. The van der Waals surface area contributed by atoms with Gasteiger partial charge in [-0.1, -0.05) is 0 Å². The molecule has 0 saturated carbocycles. The molecule has 0 aliphatic carbocycles. The number of benzene rings is 1. The highest BCUT2D eigenvalue weighted by Crippen LogP contribution is 2.22. The third kappa shape index (κ3) is 3.61. The van der Waals surface area contributed by atoms with E-state index in [0.717, 1.165) is 25.9 Å². The summed E-state index contributed by atoms with van der Waals surface area (Å²) in [5.74, 6) is 0.546. The Kier molecular flexibility index (Phi) is 4.31. The summed E-state index contributed by atoms with van der Waals surface area (Å²) in [5.41, 5.74) is 0.576. The average molecular weight is 284 g/mol. The van der Waals surface area contributed by atoms with E-state index in [4.69, 9.17) is 0 Å². The molecule has 1 saturated heterocycles. The van der Waals surface area contributed by atoms with Crippen LogP contribution < -0.4 is 9.62 Å². The maximum Gasteiger partial charge on any atom is 0.235 e. The monoisotopic (exact) mass is 284 g/mol. The number of phenols is 1. The molecule has 1 aliphatic heterocycles.